The molecule has 3 rings (SSSR count). The first-order chi connectivity index (χ1) is 12.9. The molecule has 148 valence electrons. The maximum absolute atomic E-state index is 12.7. The smallest absolute Gasteiger partial charge is 0.341 e. The van der Waals surface area contributed by atoms with Crippen LogP contribution in [0, 0.1) is 19.8 Å². The minimum atomic E-state index is -0.550. The first kappa shape index (κ1) is 19.9. The Morgan fingerprint density at radius 2 is 1.85 bits per heavy atom. The van der Waals surface area contributed by atoms with Crippen molar-refractivity contribution in [1.82, 2.24) is 4.90 Å². The van der Waals surface area contributed by atoms with Gasteiger partial charge in [0.2, 0.25) is 5.91 Å². The van der Waals surface area contributed by atoms with Gasteiger partial charge in [-0.25, -0.2) is 4.79 Å². The molecule has 1 aromatic rings. The summed E-state index contributed by atoms with van der Waals surface area (Å²) >= 11 is 1.35. The molecule has 2 fully saturated rings. The molecule has 0 bridgehead atoms. The second-order valence-corrected chi connectivity index (χ2v) is 8.81. The van der Waals surface area contributed by atoms with Gasteiger partial charge in [0.1, 0.15) is 5.00 Å². The van der Waals surface area contributed by atoms with Crippen LogP contribution in [0.15, 0.2) is 0 Å². The van der Waals surface area contributed by atoms with E-state index in [9.17, 15) is 14.4 Å². The van der Waals surface area contributed by atoms with Gasteiger partial charge >= 0.3 is 5.97 Å². The molecule has 2 atom stereocenters. The summed E-state index contributed by atoms with van der Waals surface area (Å²) in [6.45, 7) is 5.64. The SMILES string of the molecule is CC(=O)Nc1sc(C)c(C)c1C(=O)OCC(=O)N1CCC[C@@H]2CCCC[C@@H]21. The highest BCUT2D eigenvalue weighted by Crippen LogP contribution is 2.36. The third-order valence-electron chi connectivity index (χ3n) is 5.77. The second-order valence-electron chi connectivity index (χ2n) is 7.59. The molecule has 2 aliphatic rings. The number of carbonyl (C=O) groups is 3. The third-order valence-corrected chi connectivity index (χ3v) is 6.89. The van der Waals surface area contributed by atoms with Gasteiger partial charge in [-0.15, -0.1) is 11.3 Å². The van der Waals surface area contributed by atoms with Gasteiger partial charge in [0.25, 0.3) is 5.91 Å². The van der Waals surface area contributed by atoms with E-state index in [1.165, 1.54) is 37.5 Å². The zero-order valence-corrected chi connectivity index (χ0v) is 17.1. The van der Waals surface area contributed by atoms with Crippen LogP contribution in [-0.2, 0) is 14.3 Å². The molecule has 27 heavy (non-hydrogen) atoms. The molecule has 1 aliphatic heterocycles. The van der Waals surface area contributed by atoms with Gasteiger partial charge in [0, 0.05) is 24.4 Å². The van der Waals surface area contributed by atoms with Crippen molar-refractivity contribution in [3.8, 4) is 0 Å². The summed E-state index contributed by atoms with van der Waals surface area (Å²) in [5.74, 6) is -0.296. The number of nitrogens with zero attached hydrogens (tertiary/aromatic N) is 1. The minimum absolute atomic E-state index is 0.106. The van der Waals surface area contributed by atoms with Crippen molar-refractivity contribution in [2.75, 3.05) is 18.5 Å². The summed E-state index contributed by atoms with van der Waals surface area (Å²) in [5, 5.41) is 3.17. The maximum atomic E-state index is 12.7. The Kier molecular flexibility index (Phi) is 6.19. The lowest BCUT2D eigenvalue weighted by Crippen LogP contribution is -2.50. The largest absolute Gasteiger partial charge is 0.452 e. The van der Waals surface area contributed by atoms with Crippen molar-refractivity contribution in [2.45, 2.75) is 65.3 Å². The number of hydrogen-bond acceptors (Lipinski definition) is 5. The van der Waals surface area contributed by atoms with Gasteiger partial charge in [-0.2, -0.15) is 0 Å². The molecular weight excluding hydrogens is 364 g/mol. The fourth-order valence-electron chi connectivity index (χ4n) is 4.34. The summed E-state index contributed by atoms with van der Waals surface area (Å²) in [4.78, 5) is 39.6. The highest BCUT2D eigenvalue weighted by Gasteiger charge is 2.36. The predicted octanol–water partition coefficient (Wildman–Crippen LogP) is 3.66. The summed E-state index contributed by atoms with van der Waals surface area (Å²) in [5.41, 5.74) is 1.14. The van der Waals surface area contributed by atoms with Crippen molar-refractivity contribution in [3.63, 3.8) is 0 Å². The van der Waals surface area contributed by atoms with Crippen LogP contribution in [0.5, 0.6) is 0 Å². The summed E-state index contributed by atoms with van der Waals surface area (Å²) in [7, 11) is 0. The minimum Gasteiger partial charge on any atom is -0.452 e. The third kappa shape index (κ3) is 4.34. The Balaban J connectivity index is 1.65. The number of nitrogens with one attached hydrogen (secondary N) is 1. The van der Waals surface area contributed by atoms with E-state index in [0.717, 1.165) is 36.2 Å². The molecular formula is C20H28N2O4S. The summed E-state index contributed by atoms with van der Waals surface area (Å²) < 4.78 is 5.36. The molecule has 1 aliphatic carbocycles. The standard InChI is InChI=1S/C20H28N2O4S/c1-12-13(2)27-19(21-14(3)23)18(12)20(25)26-11-17(24)22-10-6-8-15-7-4-5-9-16(15)22/h15-16H,4-11H2,1-3H3,(H,21,23)/t15-,16-/m0/s1. The molecule has 1 N–H and O–H groups in total. The van der Waals surface area contributed by atoms with Crippen molar-refractivity contribution in [1.29, 1.82) is 0 Å². The van der Waals surface area contributed by atoms with Crippen molar-refractivity contribution in [3.05, 3.63) is 16.0 Å². The van der Waals surface area contributed by atoms with Gasteiger partial charge in [0.05, 0.1) is 5.56 Å². The Hall–Kier alpha value is -1.89. The number of esters is 1. The Labute approximate surface area is 164 Å². The molecule has 2 amide bonds. The maximum Gasteiger partial charge on any atom is 0.341 e. The normalized spacial score (nSPS) is 22.1. The highest BCUT2D eigenvalue weighted by atomic mass is 32.1. The van der Waals surface area contributed by atoms with Gasteiger partial charge in [-0.3, -0.25) is 9.59 Å². The Morgan fingerprint density at radius 1 is 1.15 bits per heavy atom. The van der Waals surface area contributed by atoms with Gasteiger partial charge in [-0.05, 0) is 51.0 Å². The van der Waals surface area contributed by atoms with E-state index in [1.807, 2.05) is 18.7 Å². The topological polar surface area (TPSA) is 75.7 Å². The first-order valence-electron chi connectivity index (χ1n) is 9.72. The zero-order valence-electron chi connectivity index (χ0n) is 16.3. The molecule has 0 aromatic carbocycles. The molecule has 0 radical (unpaired) electrons. The van der Waals surface area contributed by atoms with Crippen LogP contribution in [0.1, 0.15) is 66.2 Å². The number of carbonyl (C=O) groups excluding carboxylic acids is 3. The number of thiophene rings is 1. The number of rotatable bonds is 4. The van der Waals surface area contributed by atoms with Gasteiger partial charge in [-0.1, -0.05) is 12.8 Å². The first-order valence-corrected chi connectivity index (χ1v) is 10.5. The fraction of sp³-hybridized carbons (Fsp3) is 0.650. The van der Waals surface area contributed by atoms with E-state index in [-0.39, 0.29) is 18.4 Å². The van der Waals surface area contributed by atoms with Crippen LogP contribution < -0.4 is 5.32 Å². The number of ether oxygens (including phenoxy) is 1. The molecule has 1 aromatic heterocycles. The fourth-order valence-corrected chi connectivity index (χ4v) is 5.43. The predicted molar refractivity (Wildman–Crippen MR) is 105 cm³/mol. The molecule has 1 saturated heterocycles. The zero-order chi connectivity index (χ0) is 19.6. The van der Waals surface area contributed by atoms with Gasteiger partial charge in [0.15, 0.2) is 6.61 Å². The number of fused-ring (bicyclic) bond motifs is 1. The lowest BCUT2D eigenvalue weighted by atomic mass is 9.78. The molecule has 0 spiro atoms. The molecule has 1 saturated carbocycles. The van der Waals surface area contributed by atoms with Crippen LogP contribution in [0.25, 0.3) is 0 Å². The van der Waals surface area contributed by atoms with E-state index in [1.54, 1.807) is 0 Å². The lowest BCUT2D eigenvalue weighted by molar-refractivity contribution is -0.140. The molecule has 6 nitrogen and oxygen atoms in total. The molecule has 0 unspecified atom stereocenters. The Bertz CT molecular complexity index is 741. The number of aryl methyl sites for hydroxylation is 1. The van der Waals surface area contributed by atoms with E-state index < -0.39 is 5.97 Å². The molecule has 7 heteroatoms. The number of piperidine rings is 1. The average Bonchev–Trinajstić information content (AvgIpc) is 2.91. The number of amides is 2. The number of likely N-dealkylation sites (tertiary alicyclic amines) is 1. The van der Waals surface area contributed by atoms with Crippen LogP contribution in [0.4, 0.5) is 5.00 Å². The van der Waals surface area contributed by atoms with Crippen molar-refractivity contribution >= 4 is 34.1 Å². The van der Waals surface area contributed by atoms with Crippen LogP contribution in [0.2, 0.25) is 0 Å². The Morgan fingerprint density at radius 3 is 2.59 bits per heavy atom. The van der Waals surface area contributed by atoms with Gasteiger partial charge < -0.3 is 15.0 Å². The van der Waals surface area contributed by atoms with Crippen molar-refractivity contribution < 1.29 is 19.1 Å². The monoisotopic (exact) mass is 392 g/mol. The molecule has 2 heterocycles. The number of anilines is 1. The number of hydrogen-bond donors (Lipinski definition) is 1. The second kappa shape index (κ2) is 8.42. The van der Waals surface area contributed by atoms with E-state index in [2.05, 4.69) is 5.32 Å². The van der Waals surface area contributed by atoms with E-state index in [4.69, 9.17) is 4.74 Å². The lowest BCUT2D eigenvalue weighted by Gasteiger charge is -2.44. The summed E-state index contributed by atoms with van der Waals surface area (Å²) in [6, 6.07) is 0.304. The average molecular weight is 393 g/mol. The van der Waals surface area contributed by atoms with Crippen LogP contribution in [0.3, 0.4) is 0 Å². The van der Waals surface area contributed by atoms with E-state index in [0.29, 0.717) is 22.5 Å². The highest BCUT2D eigenvalue weighted by molar-refractivity contribution is 7.16. The van der Waals surface area contributed by atoms with Crippen LogP contribution in [-0.4, -0.2) is 41.9 Å². The van der Waals surface area contributed by atoms with E-state index >= 15 is 0 Å². The van der Waals surface area contributed by atoms with Crippen molar-refractivity contribution in [2.24, 2.45) is 5.92 Å². The van der Waals surface area contributed by atoms with Crippen LogP contribution >= 0.6 is 11.3 Å². The quantitative estimate of drug-likeness (QED) is 0.794. The summed E-state index contributed by atoms with van der Waals surface area (Å²) in [6.07, 6.45) is 6.89.